The van der Waals surface area contributed by atoms with Crippen molar-refractivity contribution in [2.24, 2.45) is 0 Å². The molecule has 1 saturated heterocycles. The Morgan fingerprint density at radius 3 is 2.89 bits per heavy atom. The van der Waals surface area contributed by atoms with Gasteiger partial charge in [-0.2, -0.15) is 0 Å². The summed E-state index contributed by atoms with van der Waals surface area (Å²) in [6.45, 7) is 7.76. The van der Waals surface area contributed by atoms with Gasteiger partial charge in [-0.3, -0.25) is 9.89 Å². The summed E-state index contributed by atoms with van der Waals surface area (Å²) in [5.74, 6) is 0.662. The number of nitrogens with zero attached hydrogens (tertiary/aromatic N) is 3. The third-order valence-electron chi connectivity index (χ3n) is 2.95. The largest absolute Gasteiger partial charge is 0.349 e. The van der Waals surface area contributed by atoms with Gasteiger partial charge < -0.3 is 15.5 Å². The quantitative estimate of drug-likeness (QED) is 0.594. The van der Waals surface area contributed by atoms with Crippen molar-refractivity contribution >= 4 is 5.91 Å². The van der Waals surface area contributed by atoms with E-state index in [2.05, 4.69) is 30.7 Å². The number of piperazine rings is 1. The van der Waals surface area contributed by atoms with Crippen LogP contribution in [0.25, 0.3) is 0 Å². The second-order valence-corrected chi connectivity index (χ2v) is 4.45. The number of nitrogens with one attached hydrogen (secondary N) is 3. The van der Waals surface area contributed by atoms with Crippen molar-refractivity contribution in [1.29, 1.82) is 0 Å². The Hall–Kier alpha value is -1.47. The molecule has 0 aromatic carbocycles. The minimum atomic E-state index is -0.209. The van der Waals surface area contributed by atoms with Crippen molar-refractivity contribution in [3.63, 3.8) is 0 Å². The van der Waals surface area contributed by atoms with Crippen LogP contribution in [-0.4, -0.2) is 65.3 Å². The monoisotopic (exact) mass is 252 g/mol. The maximum absolute atomic E-state index is 11.6. The van der Waals surface area contributed by atoms with Gasteiger partial charge >= 0.3 is 0 Å². The first-order valence-corrected chi connectivity index (χ1v) is 6.36. The lowest BCUT2D eigenvalue weighted by Gasteiger charge is -2.26. The SMILES string of the molecule is Cc1nc(C(=O)NCCCN2CCNCC2)n[nH]1. The molecule has 1 aromatic heterocycles. The van der Waals surface area contributed by atoms with E-state index in [-0.39, 0.29) is 11.7 Å². The van der Waals surface area contributed by atoms with E-state index in [4.69, 9.17) is 0 Å². The van der Waals surface area contributed by atoms with Crippen molar-refractivity contribution < 1.29 is 4.79 Å². The standard InChI is InChI=1S/C11H20N6O/c1-9-14-10(16-15-9)11(18)13-3-2-6-17-7-4-12-5-8-17/h12H,2-8H2,1H3,(H,13,18)(H,14,15,16). The highest BCUT2D eigenvalue weighted by atomic mass is 16.2. The number of amides is 1. The number of hydrogen-bond acceptors (Lipinski definition) is 5. The summed E-state index contributed by atoms with van der Waals surface area (Å²) in [4.78, 5) is 18.0. The van der Waals surface area contributed by atoms with E-state index in [1.54, 1.807) is 6.92 Å². The minimum Gasteiger partial charge on any atom is -0.349 e. The van der Waals surface area contributed by atoms with Crippen molar-refractivity contribution in [1.82, 2.24) is 30.7 Å². The molecule has 7 heteroatoms. The molecular formula is C11H20N6O. The van der Waals surface area contributed by atoms with Crippen molar-refractivity contribution in [3.05, 3.63) is 11.6 Å². The van der Waals surface area contributed by atoms with Gasteiger partial charge in [0.25, 0.3) is 5.91 Å². The Balaban J connectivity index is 1.61. The average Bonchev–Trinajstić information content (AvgIpc) is 2.82. The van der Waals surface area contributed by atoms with Gasteiger partial charge in [0.05, 0.1) is 0 Å². The zero-order chi connectivity index (χ0) is 12.8. The fourth-order valence-electron chi connectivity index (χ4n) is 1.96. The molecular weight excluding hydrogens is 232 g/mol. The van der Waals surface area contributed by atoms with Crippen molar-refractivity contribution in [3.8, 4) is 0 Å². The van der Waals surface area contributed by atoms with Crippen LogP contribution in [0.2, 0.25) is 0 Å². The van der Waals surface area contributed by atoms with Gasteiger partial charge in [0.2, 0.25) is 5.82 Å². The van der Waals surface area contributed by atoms with E-state index >= 15 is 0 Å². The second-order valence-electron chi connectivity index (χ2n) is 4.45. The Labute approximate surface area is 106 Å². The molecule has 0 unspecified atom stereocenters. The molecule has 0 bridgehead atoms. The van der Waals surface area contributed by atoms with E-state index in [9.17, 15) is 4.79 Å². The van der Waals surface area contributed by atoms with Gasteiger partial charge in [-0.05, 0) is 19.9 Å². The molecule has 0 spiro atoms. The second kappa shape index (κ2) is 6.46. The predicted molar refractivity (Wildman–Crippen MR) is 67.4 cm³/mol. The first kappa shape index (κ1) is 13.0. The Morgan fingerprint density at radius 1 is 1.44 bits per heavy atom. The molecule has 3 N–H and O–H groups in total. The molecule has 0 aliphatic carbocycles. The van der Waals surface area contributed by atoms with Gasteiger partial charge in [0, 0.05) is 32.7 Å². The van der Waals surface area contributed by atoms with Crippen LogP contribution in [0.3, 0.4) is 0 Å². The van der Waals surface area contributed by atoms with Gasteiger partial charge in [0.15, 0.2) is 0 Å². The molecule has 7 nitrogen and oxygen atoms in total. The first-order valence-electron chi connectivity index (χ1n) is 6.36. The lowest BCUT2D eigenvalue weighted by atomic mass is 10.3. The van der Waals surface area contributed by atoms with Crippen LogP contribution in [0.1, 0.15) is 22.9 Å². The molecule has 100 valence electrons. The smallest absolute Gasteiger partial charge is 0.290 e. The molecule has 0 saturated carbocycles. The lowest BCUT2D eigenvalue weighted by molar-refractivity contribution is 0.0941. The van der Waals surface area contributed by atoms with Gasteiger partial charge in [-0.1, -0.05) is 0 Å². The van der Waals surface area contributed by atoms with Crippen LogP contribution in [0.4, 0.5) is 0 Å². The summed E-state index contributed by atoms with van der Waals surface area (Å²) < 4.78 is 0. The predicted octanol–water partition coefficient (Wildman–Crippen LogP) is -0.862. The fourth-order valence-corrected chi connectivity index (χ4v) is 1.96. The third kappa shape index (κ3) is 3.78. The molecule has 1 aliphatic heterocycles. The van der Waals surface area contributed by atoms with Crippen LogP contribution in [-0.2, 0) is 0 Å². The highest BCUT2D eigenvalue weighted by Gasteiger charge is 2.11. The van der Waals surface area contributed by atoms with Gasteiger partial charge in [0.1, 0.15) is 5.82 Å². The molecule has 0 atom stereocenters. The van der Waals surface area contributed by atoms with Crippen LogP contribution < -0.4 is 10.6 Å². The number of carbonyl (C=O) groups is 1. The summed E-state index contributed by atoms with van der Waals surface area (Å²) in [5, 5.41) is 12.6. The first-order chi connectivity index (χ1) is 8.75. The van der Waals surface area contributed by atoms with Crippen LogP contribution in [0.5, 0.6) is 0 Å². The molecule has 1 amide bonds. The van der Waals surface area contributed by atoms with Crippen molar-refractivity contribution in [2.75, 3.05) is 39.3 Å². The molecule has 18 heavy (non-hydrogen) atoms. The highest BCUT2D eigenvalue weighted by molar-refractivity contribution is 5.90. The Bertz CT molecular complexity index is 385. The molecule has 0 radical (unpaired) electrons. The highest BCUT2D eigenvalue weighted by Crippen LogP contribution is 1.94. The minimum absolute atomic E-state index is 0.209. The van der Waals surface area contributed by atoms with Gasteiger partial charge in [-0.15, -0.1) is 5.10 Å². The summed E-state index contributed by atoms with van der Waals surface area (Å²) in [7, 11) is 0. The Kier molecular flexibility index (Phi) is 4.66. The number of carbonyl (C=O) groups excluding carboxylic acids is 1. The third-order valence-corrected chi connectivity index (χ3v) is 2.95. The average molecular weight is 252 g/mol. The van der Waals surface area contributed by atoms with Crippen LogP contribution >= 0.6 is 0 Å². The topological polar surface area (TPSA) is 85.9 Å². The van der Waals surface area contributed by atoms with E-state index in [1.807, 2.05) is 0 Å². The number of H-pyrrole nitrogens is 1. The molecule has 1 aliphatic rings. The maximum atomic E-state index is 11.6. The fraction of sp³-hybridized carbons (Fsp3) is 0.727. The normalized spacial score (nSPS) is 16.7. The van der Waals surface area contributed by atoms with Gasteiger partial charge in [-0.25, -0.2) is 4.98 Å². The van der Waals surface area contributed by atoms with Crippen molar-refractivity contribution in [2.45, 2.75) is 13.3 Å². The number of rotatable bonds is 5. The van der Waals surface area contributed by atoms with E-state index in [0.717, 1.165) is 39.1 Å². The Morgan fingerprint density at radius 2 is 2.22 bits per heavy atom. The zero-order valence-electron chi connectivity index (χ0n) is 10.7. The lowest BCUT2D eigenvalue weighted by Crippen LogP contribution is -2.44. The van der Waals surface area contributed by atoms with Crippen LogP contribution in [0.15, 0.2) is 0 Å². The summed E-state index contributed by atoms with van der Waals surface area (Å²) >= 11 is 0. The molecule has 2 heterocycles. The summed E-state index contributed by atoms with van der Waals surface area (Å²) in [5.41, 5.74) is 0. The van der Waals surface area contributed by atoms with Crippen LogP contribution in [0, 0.1) is 6.92 Å². The number of aromatic nitrogens is 3. The molecule has 2 rings (SSSR count). The summed E-state index contributed by atoms with van der Waals surface area (Å²) in [6, 6.07) is 0. The van der Waals surface area contributed by atoms with E-state index in [0.29, 0.717) is 12.4 Å². The van der Waals surface area contributed by atoms with E-state index < -0.39 is 0 Å². The zero-order valence-corrected chi connectivity index (χ0v) is 10.7. The number of aromatic amines is 1. The number of aryl methyl sites for hydroxylation is 1. The summed E-state index contributed by atoms with van der Waals surface area (Å²) in [6.07, 6.45) is 0.954. The maximum Gasteiger partial charge on any atom is 0.290 e. The molecule has 1 fully saturated rings. The number of hydrogen-bond donors (Lipinski definition) is 3. The van der Waals surface area contributed by atoms with E-state index in [1.165, 1.54) is 0 Å². The molecule has 1 aromatic rings.